The molecule has 2 aromatic carbocycles. The first-order valence-electron chi connectivity index (χ1n) is 6.89. The number of nitro benzene ring substituents is 1. The van der Waals surface area contributed by atoms with Gasteiger partial charge in [-0.15, -0.1) is 0 Å². The molecule has 24 heavy (non-hydrogen) atoms. The topological polar surface area (TPSA) is 110 Å². The number of carboxylic acids is 1. The summed E-state index contributed by atoms with van der Waals surface area (Å²) in [6.45, 7) is 0. The summed E-state index contributed by atoms with van der Waals surface area (Å²) in [6, 6.07) is 8.85. The first kappa shape index (κ1) is 17.1. The maximum atomic E-state index is 12.9. The van der Waals surface area contributed by atoms with E-state index in [0.717, 1.165) is 12.1 Å². The third kappa shape index (κ3) is 4.35. The lowest BCUT2D eigenvalue weighted by Crippen LogP contribution is -2.42. The van der Waals surface area contributed by atoms with Gasteiger partial charge in [0.15, 0.2) is 0 Å². The highest BCUT2D eigenvalue weighted by Crippen LogP contribution is 2.12. The molecule has 0 aliphatic heterocycles. The van der Waals surface area contributed by atoms with Crippen molar-refractivity contribution >= 4 is 17.6 Å². The molecule has 124 valence electrons. The molecule has 8 heteroatoms. The summed E-state index contributed by atoms with van der Waals surface area (Å²) in [5.74, 6) is -2.35. The van der Waals surface area contributed by atoms with E-state index in [-0.39, 0.29) is 17.7 Å². The van der Waals surface area contributed by atoms with E-state index in [4.69, 9.17) is 0 Å². The molecule has 1 amide bonds. The van der Waals surface area contributed by atoms with Crippen LogP contribution < -0.4 is 5.32 Å². The average molecular weight is 332 g/mol. The number of halogens is 1. The molecule has 2 rings (SSSR count). The predicted molar refractivity (Wildman–Crippen MR) is 82.1 cm³/mol. The summed E-state index contributed by atoms with van der Waals surface area (Å²) in [5, 5.41) is 22.1. The number of benzene rings is 2. The summed E-state index contributed by atoms with van der Waals surface area (Å²) < 4.78 is 12.9. The van der Waals surface area contributed by atoms with Crippen LogP contribution in [0.25, 0.3) is 0 Å². The Morgan fingerprint density at radius 1 is 1.12 bits per heavy atom. The molecule has 0 heterocycles. The number of non-ortho nitro benzene ring substituents is 1. The van der Waals surface area contributed by atoms with Gasteiger partial charge >= 0.3 is 5.97 Å². The Kier molecular flexibility index (Phi) is 5.20. The van der Waals surface area contributed by atoms with Gasteiger partial charge in [-0.1, -0.05) is 12.1 Å². The van der Waals surface area contributed by atoms with Gasteiger partial charge in [0.2, 0.25) is 0 Å². The molecule has 7 nitrogen and oxygen atoms in total. The molecule has 0 radical (unpaired) electrons. The number of carbonyl (C=O) groups is 2. The van der Waals surface area contributed by atoms with Gasteiger partial charge in [-0.3, -0.25) is 14.9 Å². The second kappa shape index (κ2) is 7.32. The zero-order valence-electron chi connectivity index (χ0n) is 12.3. The van der Waals surface area contributed by atoms with Crippen molar-refractivity contribution in [1.29, 1.82) is 0 Å². The van der Waals surface area contributed by atoms with Gasteiger partial charge < -0.3 is 10.4 Å². The normalized spacial score (nSPS) is 11.5. The molecule has 0 aliphatic carbocycles. The number of aliphatic carboxylic acids is 1. The zero-order valence-corrected chi connectivity index (χ0v) is 12.3. The highest BCUT2D eigenvalue weighted by molar-refractivity contribution is 5.96. The quantitative estimate of drug-likeness (QED) is 0.622. The lowest BCUT2D eigenvalue weighted by molar-refractivity contribution is -0.384. The molecule has 0 aromatic heterocycles. The maximum Gasteiger partial charge on any atom is 0.326 e. The van der Waals surface area contributed by atoms with Crippen molar-refractivity contribution in [1.82, 2.24) is 5.32 Å². The zero-order chi connectivity index (χ0) is 17.7. The first-order chi connectivity index (χ1) is 11.4. The Morgan fingerprint density at radius 2 is 1.71 bits per heavy atom. The molecule has 0 saturated heterocycles. The third-order valence-electron chi connectivity index (χ3n) is 3.30. The second-order valence-corrected chi connectivity index (χ2v) is 5.00. The minimum absolute atomic E-state index is 0.0195. The van der Waals surface area contributed by atoms with Crippen molar-refractivity contribution in [3.63, 3.8) is 0 Å². The van der Waals surface area contributed by atoms with E-state index in [1.54, 1.807) is 0 Å². The Balaban J connectivity index is 2.09. The Morgan fingerprint density at radius 3 is 2.21 bits per heavy atom. The van der Waals surface area contributed by atoms with E-state index in [0.29, 0.717) is 5.56 Å². The number of nitro groups is 1. The van der Waals surface area contributed by atoms with E-state index in [9.17, 15) is 29.2 Å². The van der Waals surface area contributed by atoms with Gasteiger partial charge in [0, 0.05) is 24.1 Å². The fraction of sp³-hybridized carbons (Fsp3) is 0.125. The van der Waals surface area contributed by atoms with Gasteiger partial charge in [0.1, 0.15) is 11.9 Å². The van der Waals surface area contributed by atoms with Crippen molar-refractivity contribution in [3.8, 4) is 0 Å². The van der Waals surface area contributed by atoms with Crippen LogP contribution in [-0.4, -0.2) is 27.9 Å². The largest absolute Gasteiger partial charge is 0.480 e. The van der Waals surface area contributed by atoms with E-state index in [1.165, 1.54) is 36.4 Å². The van der Waals surface area contributed by atoms with Crippen LogP contribution in [0.4, 0.5) is 10.1 Å². The molecular weight excluding hydrogens is 319 g/mol. The fourth-order valence-electron chi connectivity index (χ4n) is 2.03. The lowest BCUT2D eigenvalue weighted by Gasteiger charge is -2.14. The molecule has 0 bridgehead atoms. The Hall–Kier alpha value is -3.29. The number of rotatable bonds is 6. The Labute approximate surface area is 135 Å². The first-order valence-corrected chi connectivity index (χ1v) is 6.89. The van der Waals surface area contributed by atoms with E-state index in [2.05, 4.69) is 5.32 Å². The van der Waals surface area contributed by atoms with Gasteiger partial charge in [0.05, 0.1) is 4.92 Å². The fourth-order valence-corrected chi connectivity index (χ4v) is 2.03. The van der Waals surface area contributed by atoms with Crippen LogP contribution in [0.3, 0.4) is 0 Å². The van der Waals surface area contributed by atoms with Crippen LogP contribution in [0.5, 0.6) is 0 Å². The van der Waals surface area contributed by atoms with Crippen LogP contribution in [0.15, 0.2) is 48.5 Å². The monoisotopic (exact) mass is 332 g/mol. The Bertz CT molecular complexity index is 759. The molecule has 1 unspecified atom stereocenters. The number of carbonyl (C=O) groups excluding carboxylic acids is 1. The number of hydrogen-bond acceptors (Lipinski definition) is 4. The summed E-state index contributed by atoms with van der Waals surface area (Å²) in [5.41, 5.74) is 0.478. The number of hydrogen-bond donors (Lipinski definition) is 2. The molecule has 2 N–H and O–H groups in total. The van der Waals surface area contributed by atoms with Crippen LogP contribution in [0.1, 0.15) is 15.9 Å². The smallest absolute Gasteiger partial charge is 0.326 e. The summed E-state index contributed by atoms with van der Waals surface area (Å²) >= 11 is 0. The molecule has 0 saturated carbocycles. The van der Waals surface area contributed by atoms with E-state index >= 15 is 0 Å². The van der Waals surface area contributed by atoms with Crippen molar-refractivity contribution in [2.45, 2.75) is 12.5 Å². The van der Waals surface area contributed by atoms with Crippen molar-refractivity contribution < 1.29 is 24.0 Å². The van der Waals surface area contributed by atoms with E-state index < -0.39 is 28.7 Å². The molecule has 2 aromatic rings. The number of nitrogens with one attached hydrogen (secondary N) is 1. The molecule has 1 atom stereocenters. The van der Waals surface area contributed by atoms with Gasteiger partial charge in [-0.2, -0.15) is 0 Å². The summed E-state index contributed by atoms with van der Waals surface area (Å²) in [7, 11) is 0. The van der Waals surface area contributed by atoms with Crippen LogP contribution in [-0.2, 0) is 11.2 Å². The van der Waals surface area contributed by atoms with Crippen LogP contribution in [0, 0.1) is 15.9 Å². The summed E-state index contributed by atoms with van der Waals surface area (Å²) in [4.78, 5) is 33.4. The highest BCUT2D eigenvalue weighted by atomic mass is 19.1. The van der Waals surface area contributed by atoms with Crippen molar-refractivity contribution in [2.75, 3.05) is 0 Å². The lowest BCUT2D eigenvalue weighted by atomic mass is 10.1. The minimum atomic E-state index is -1.24. The molecule has 0 spiro atoms. The number of carboxylic acid groups (broad SMARTS) is 1. The van der Waals surface area contributed by atoms with E-state index in [1.807, 2.05) is 0 Å². The van der Waals surface area contributed by atoms with Crippen LogP contribution in [0.2, 0.25) is 0 Å². The molecule has 0 fully saturated rings. The molecule has 0 aliphatic rings. The average Bonchev–Trinajstić information content (AvgIpc) is 2.56. The number of nitrogens with zero attached hydrogens (tertiary/aromatic N) is 1. The second-order valence-electron chi connectivity index (χ2n) is 5.00. The summed E-state index contributed by atoms with van der Waals surface area (Å²) in [6.07, 6.45) is -0.0195. The highest BCUT2D eigenvalue weighted by Gasteiger charge is 2.21. The van der Waals surface area contributed by atoms with Gasteiger partial charge in [0.25, 0.3) is 11.6 Å². The standard InChI is InChI=1S/C16H13FN2O5/c17-12-5-1-10(2-6-12)9-14(16(21)22)18-15(20)11-3-7-13(8-4-11)19(23)24/h1-8,14H,9H2,(H,18,20)(H,21,22). The van der Waals surface area contributed by atoms with Crippen LogP contribution >= 0.6 is 0 Å². The van der Waals surface area contributed by atoms with Gasteiger partial charge in [-0.05, 0) is 29.8 Å². The maximum absolute atomic E-state index is 12.9. The predicted octanol–water partition coefficient (Wildman–Crippen LogP) is 2.16. The third-order valence-corrected chi connectivity index (χ3v) is 3.30. The molecular formula is C16H13FN2O5. The minimum Gasteiger partial charge on any atom is -0.480 e. The number of amides is 1. The SMILES string of the molecule is O=C(NC(Cc1ccc(F)cc1)C(=O)O)c1ccc([N+](=O)[O-])cc1. The van der Waals surface area contributed by atoms with Crippen molar-refractivity contribution in [2.24, 2.45) is 0 Å². The van der Waals surface area contributed by atoms with Crippen molar-refractivity contribution in [3.05, 3.63) is 75.6 Å². The van der Waals surface area contributed by atoms with Gasteiger partial charge in [-0.25, -0.2) is 9.18 Å².